The Morgan fingerprint density at radius 2 is 2.07 bits per heavy atom. The molecule has 0 radical (unpaired) electrons. The van der Waals surface area contributed by atoms with Gasteiger partial charge in [-0.05, 0) is 44.9 Å². The molecule has 0 saturated carbocycles. The van der Waals surface area contributed by atoms with Crippen LogP contribution in [-0.2, 0) is 9.59 Å². The molecule has 27 heavy (non-hydrogen) atoms. The molecule has 1 saturated heterocycles. The Hall–Kier alpha value is -2.44. The maximum Gasteiger partial charge on any atom is 0.223 e. The third-order valence-corrected chi connectivity index (χ3v) is 5.32. The number of piperidine rings is 1. The maximum absolute atomic E-state index is 12.5. The van der Waals surface area contributed by atoms with Crippen LogP contribution in [-0.4, -0.2) is 41.4 Å². The van der Waals surface area contributed by atoms with Gasteiger partial charge in [0, 0.05) is 32.5 Å². The molecule has 2 N–H and O–H groups in total. The zero-order valence-corrected chi connectivity index (χ0v) is 16.0. The average molecular weight is 371 g/mol. The van der Waals surface area contributed by atoms with Crippen molar-refractivity contribution in [3.05, 3.63) is 24.2 Å². The van der Waals surface area contributed by atoms with Gasteiger partial charge in [-0.2, -0.15) is 0 Å². The molecule has 2 aliphatic rings. The van der Waals surface area contributed by atoms with Crippen LogP contribution in [0.4, 0.5) is 11.5 Å². The SMILES string of the molecule is CC(=O)Nc1ncncc1N1CCC(C(=O)NCCC2=CCCCC2)CC1. The molecule has 0 spiro atoms. The van der Waals surface area contributed by atoms with Gasteiger partial charge < -0.3 is 15.5 Å². The Morgan fingerprint density at radius 1 is 1.26 bits per heavy atom. The number of hydrogen-bond acceptors (Lipinski definition) is 5. The number of nitrogens with zero attached hydrogens (tertiary/aromatic N) is 3. The van der Waals surface area contributed by atoms with E-state index < -0.39 is 0 Å². The van der Waals surface area contributed by atoms with Crippen molar-refractivity contribution in [3.63, 3.8) is 0 Å². The number of carbonyl (C=O) groups is 2. The first-order valence-corrected chi connectivity index (χ1v) is 9.91. The monoisotopic (exact) mass is 371 g/mol. The van der Waals surface area contributed by atoms with Crippen molar-refractivity contribution in [2.75, 3.05) is 29.9 Å². The summed E-state index contributed by atoms with van der Waals surface area (Å²) in [6.07, 6.45) is 13.0. The highest BCUT2D eigenvalue weighted by Crippen LogP contribution is 2.27. The van der Waals surface area contributed by atoms with Crippen molar-refractivity contribution >= 4 is 23.3 Å². The second-order valence-corrected chi connectivity index (χ2v) is 7.35. The van der Waals surface area contributed by atoms with E-state index in [1.54, 1.807) is 6.20 Å². The molecule has 2 heterocycles. The van der Waals surface area contributed by atoms with Crippen LogP contribution in [0, 0.1) is 5.92 Å². The molecule has 1 aromatic heterocycles. The Labute approximate surface area is 160 Å². The van der Waals surface area contributed by atoms with Crippen molar-refractivity contribution in [2.45, 2.75) is 51.9 Å². The lowest BCUT2D eigenvalue weighted by Gasteiger charge is -2.33. The molecule has 1 aliphatic carbocycles. The van der Waals surface area contributed by atoms with Crippen LogP contribution >= 0.6 is 0 Å². The Morgan fingerprint density at radius 3 is 2.78 bits per heavy atom. The van der Waals surface area contributed by atoms with Crippen LogP contribution in [0.1, 0.15) is 51.9 Å². The standard InChI is InChI=1S/C20H29N5O2/c1-15(26)24-19-18(13-21-14-23-19)25-11-8-17(9-12-25)20(27)22-10-7-16-5-3-2-4-6-16/h5,13-14,17H,2-4,6-12H2,1H3,(H,22,27)(H,21,23,24,26). The summed E-state index contributed by atoms with van der Waals surface area (Å²) in [4.78, 5) is 34.2. The van der Waals surface area contributed by atoms with E-state index in [1.165, 1.54) is 44.5 Å². The summed E-state index contributed by atoms with van der Waals surface area (Å²) in [5, 5.41) is 5.86. The van der Waals surface area contributed by atoms with E-state index in [9.17, 15) is 9.59 Å². The number of aromatic nitrogens is 2. The lowest BCUT2D eigenvalue weighted by molar-refractivity contribution is -0.125. The van der Waals surface area contributed by atoms with Crippen molar-refractivity contribution < 1.29 is 9.59 Å². The normalized spacial score (nSPS) is 18.0. The van der Waals surface area contributed by atoms with Crippen LogP contribution in [0.15, 0.2) is 24.2 Å². The van der Waals surface area contributed by atoms with E-state index in [1.807, 2.05) is 0 Å². The van der Waals surface area contributed by atoms with E-state index in [0.29, 0.717) is 5.82 Å². The van der Waals surface area contributed by atoms with E-state index in [0.717, 1.165) is 44.6 Å². The Kier molecular flexibility index (Phi) is 6.79. The number of allylic oxidation sites excluding steroid dienone is 1. The van der Waals surface area contributed by atoms with Gasteiger partial charge in [-0.15, -0.1) is 0 Å². The molecule has 1 aromatic rings. The van der Waals surface area contributed by atoms with Gasteiger partial charge in [-0.3, -0.25) is 9.59 Å². The second kappa shape index (κ2) is 9.48. The van der Waals surface area contributed by atoms with Gasteiger partial charge >= 0.3 is 0 Å². The molecule has 1 aliphatic heterocycles. The highest BCUT2D eigenvalue weighted by Gasteiger charge is 2.26. The largest absolute Gasteiger partial charge is 0.367 e. The van der Waals surface area contributed by atoms with Crippen LogP contribution in [0.25, 0.3) is 0 Å². The zero-order valence-electron chi connectivity index (χ0n) is 16.0. The minimum Gasteiger partial charge on any atom is -0.367 e. The lowest BCUT2D eigenvalue weighted by Crippen LogP contribution is -2.41. The average Bonchev–Trinajstić information content (AvgIpc) is 2.69. The first-order valence-electron chi connectivity index (χ1n) is 9.91. The fourth-order valence-corrected chi connectivity index (χ4v) is 3.82. The van der Waals surface area contributed by atoms with Gasteiger partial charge in [-0.1, -0.05) is 11.6 Å². The molecule has 146 valence electrons. The predicted molar refractivity (Wildman–Crippen MR) is 105 cm³/mol. The summed E-state index contributed by atoms with van der Waals surface area (Å²) >= 11 is 0. The molecule has 3 rings (SSSR count). The molecule has 0 bridgehead atoms. The quantitative estimate of drug-likeness (QED) is 0.751. The predicted octanol–water partition coefficient (Wildman–Crippen LogP) is 2.66. The molecular weight excluding hydrogens is 342 g/mol. The Balaban J connectivity index is 1.46. The van der Waals surface area contributed by atoms with E-state index in [4.69, 9.17) is 0 Å². The number of rotatable bonds is 6. The third kappa shape index (κ3) is 5.52. The summed E-state index contributed by atoms with van der Waals surface area (Å²) < 4.78 is 0. The van der Waals surface area contributed by atoms with Crippen LogP contribution in [0.2, 0.25) is 0 Å². The minimum atomic E-state index is -0.155. The number of nitrogens with one attached hydrogen (secondary N) is 2. The number of carbonyl (C=O) groups excluding carboxylic acids is 2. The van der Waals surface area contributed by atoms with Gasteiger partial charge in [0.15, 0.2) is 5.82 Å². The molecular formula is C20H29N5O2. The number of amides is 2. The summed E-state index contributed by atoms with van der Waals surface area (Å²) in [5.41, 5.74) is 2.31. The first kappa shape index (κ1) is 19.3. The molecule has 7 heteroatoms. The summed E-state index contributed by atoms with van der Waals surface area (Å²) in [7, 11) is 0. The molecule has 0 unspecified atom stereocenters. The van der Waals surface area contributed by atoms with Gasteiger partial charge in [-0.25, -0.2) is 9.97 Å². The molecule has 2 amide bonds. The van der Waals surface area contributed by atoms with Crippen LogP contribution < -0.4 is 15.5 Å². The first-order chi connectivity index (χ1) is 13.1. The van der Waals surface area contributed by atoms with Crippen molar-refractivity contribution in [1.29, 1.82) is 0 Å². The number of hydrogen-bond donors (Lipinski definition) is 2. The fraction of sp³-hybridized carbons (Fsp3) is 0.600. The van der Waals surface area contributed by atoms with Gasteiger partial charge in [0.25, 0.3) is 0 Å². The maximum atomic E-state index is 12.5. The summed E-state index contributed by atoms with van der Waals surface area (Å²) in [6.45, 7) is 3.71. The molecule has 1 fully saturated rings. The van der Waals surface area contributed by atoms with Gasteiger partial charge in [0.2, 0.25) is 11.8 Å². The van der Waals surface area contributed by atoms with Crippen molar-refractivity contribution in [3.8, 4) is 0 Å². The van der Waals surface area contributed by atoms with Crippen LogP contribution in [0.3, 0.4) is 0 Å². The smallest absolute Gasteiger partial charge is 0.223 e. The highest BCUT2D eigenvalue weighted by atomic mass is 16.2. The zero-order chi connectivity index (χ0) is 19.1. The van der Waals surface area contributed by atoms with Crippen molar-refractivity contribution in [1.82, 2.24) is 15.3 Å². The van der Waals surface area contributed by atoms with Crippen LogP contribution in [0.5, 0.6) is 0 Å². The fourth-order valence-electron chi connectivity index (χ4n) is 3.82. The molecule has 7 nitrogen and oxygen atoms in total. The second-order valence-electron chi connectivity index (χ2n) is 7.35. The highest BCUT2D eigenvalue weighted by molar-refractivity contribution is 5.91. The summed E-state index contributed by atoms with van der Waals surface area (Å²) in [5.74, 6) is 0.589. The lowest BCUT2D eigenvalue weighted by atomic mass is 9.95. The topological polar surface area (TPSA) is 87.2 Å². The van der Waals surface area contributed by atoms with Gasteiger partial charge in [0.1, 0.15) is 6.33 Å². The molecule has 0 atom stereocenters. The van der Waals surface area contributed by atoms with Crippen molar-refractivity contribution in [2.24, 2.45) is 5.92 Å². The van der Waals surface area contributed by atoms with E-state index >= 15 is 0 Å². The Bertz CT molecular complexity index is 695. The van der Waals surface area contributed by atoms with Gasteiger partial charge in [0.05, 0.1) is 11.9 Å². The van der Waals surface area contributed by atoms with E-state index in [2.05, 4.69) is 31.6 Å². The minimum absolute atomic E-state index is 0.0513. The molecule has 0 aromatic carbocycles. The van der Waals surface area contributed by atoms with E-state index in [-0.39, 0.29) is 17.7 Å². The number of anilines is 2. The third-order valence-electron chi connectivity index (χ3n) is 5.32. The summed E-state index contributed by atoms with van der Waals surface area (Å²) in [6, 6.07) is 0.